The van der Waals surface area contributed by atoms with Crippen molar-refractivity contribution in [3.63, 3.8) is 0 Å². The van der Waals surface area contributed by atoms with E-state index in [0.717, 1.165) is 0 Å². The van der Waals surface area contributed by atoms with E-state index in [1.165, 1.54) is 4.90 Å². The molecule has 0 bridgehead atoms. The van der Waals surface area contributed by atoms with E-state index in [4.69, 9.17) is 5.11 Å². The van der Waals surface area contributed by atoms with Gasteiger partial charge in [-0.05, 0) is 7.05 Å². The molecule has 0 spiro atoms. The molecule has 72 valence electrons. The fraction of sp³-hybridized carbons (Fsp3) is 1.00. The van der Waals surface area contributed by atoms with Gasteiger partial charge in [0, 0.05) is 19.1 Å². The number of likely N-dealkylation sites (tertiary alicyclic amines) is 1. The molecule has 12 heavy (non-hydrogen) atoms. The molecule has 5 nitrogen and oxygen atoms in total. The summed E-state index contributed by atoms with van der Waals surface area (Å²) in [6.07, 6.45) is -3.27. The standard InChI is InChI=1S/C7H15NO4/c1-8-2-4(3-9)5(10)6(11)7(8)12/h4-7,9-12H,2-3H2,1H3/i1-1. The Morgan fingerprint density at radius 3 is 2.33 bits per heavy atom. The van der Waals surface area contributed by atoms with E-state index in [1.807, 2.05) is 0 Å². The minimum Gasteiger partial charge on any atom is -0.396 e. The van der Waals surface area contributed by atoms with Crippen molar-refractivity contribution in [2.75, 3.05) is 20.2 Å². The largest absolute Gasteiger partial charge is 0.396 e. The third-order valence-corrected chi connectivity index (χ3v) is 2.35. The molecule has 1 saturated heterocycles. The quantitative estimate of drug-likeness (QED) is 0.357. The highest BCUT2D eigenvalue weighted by molar-refractivity contribution is 4.87. The van der Waals surface area contributed by atoms with Crippen LogP contribution in [0.3, 0.4) is 0 Å². The van der Waals surface area contributed by atoms with E-state index in [-0.39, 0.29) is 12.5 Å². The second kappa shape index (κ2) is 3.68. The van der Waals surface area contributed by atoms with Crippen molar-refractivity contribution in [2.45, 2.75) is 18.4 Å². The van der Waals surface area contributed by atoms with E-state index < -0.39 is 18.4 Å². The molecule has 0 amide bonds. The lowest BCUT2D eigenvalue weighted by Gasteiger charge is -2.40. The summed E-state index contributed by atoms with van der Waals surface area (Å²) in [5, 5.41) is 36.7. The predicted molar refractivity (Wildman–Crippen MR) is 41.2 cm³/mol. The third-order valence-electron chi connectivity index (χ3n) is 2.35. The van der Waals surface area contributed by atoms with Crippen molar-refractivity contribution in [3.05, 3.63) is 0 Å². The molecule has 4 N–H and O–H groups in total. The van der Waals surface area contributed by atoms with Gasteiger partial charge in [0.1, 0.15) is 12.3 Å². The smallest absolute Gasteiger partial charge is 0.135 e. The van der Waals surface area contributed by atoms with Gasteiger partial charge in [-0.3, -0.25) is 4.90 Å². The highest BCUT2D eigenvalue weighted by atomic mass is 16.4. The molecular weight excluding hydrogens is 161 g/mol. The number of likely N-dealkylation sites (N-methyl/N-ethyl adjacent to an activating group) is 1. The van der Waals surface area contributed by atoms with E-state index in [1.54, 1.807) is 7.05 Å². The number of nitrogens with zero attached hydrogens (tertiary/aromatic N) is 1. The van der Waals surface area contributed by atoms with Gasteiger partial charge < -0.3 is 20.4 Å². The molecule has 1 heterocycles. The fourth-order valence-electron chi connectivity index (χ4n) is 1.47. The van der Waals surface area contributed by atoms with Crippen molar-refractivity contribution >= 4 is 0 Å². The summed E-state index contributed by atoms with van der Waals surface area (Å²) in [7, 11) is 1.63. The SMILES string of the molecule is [11CH3]N1CC(CO)C(O)C(O)C1O. The van der Waals surface area contributed by atoms with E-state index in [9.17, 15) is 15.3 Å². The summed E-state index contributed by atoms with van der Waals surface area (Å²) < 4.78 is 0. The Bertz CT molecular complexity index is 150. The molecule has 1 aliphatic heterocycles. The molecule has 0 radical (unpaired) electrons. The lowest BCUT2D eigenvalue weighted by atomic mass is 9.91. The Morgan fingerprint density at radius 1 is 1.25 bits per heavy atom. The number of aliphatic hydroxyl groups is 4. The predicted octanol–water partition coefficient (Wildman–Crippen LogP) is -2.42. The van der Waals surface area contributed by atoms with Gasteiger partial charge in [0.05, 0.1) is 6.10 Å². The van der Waals surface area contributed by atoms with Gasteiger partial charge in [-0.1, -0.05) is 0 Å². The van der Waals surface area contributed by atoms with Crippen LogP contribution in [-0.2, 0) is 0 Å². The van der Waals surface area contributed by atoms with Crippen LogP contribution in [0.2, 0.25) is 0 Å². The maximum absolute atomic E-state index is 9.33. The molecule has 4 atom stereocenters. The minimum atomic E-state index is -1.19. The second-order valence-electron chi connectivity index (χ2n) is 3.28. The zero-order valence-electron chi connectivity index (χ0n) is 6.96. The first kappa shape index (κ1) is 9.88. The summed E-state index contributed by atoms with van der Waals surface area (Å²) in [5.41, 5.74) is 0. The van der Waals surface area contributed by atoms with E-state index >= 15 is 0 Å². The average Bonchev–Trinajstić information content (AvgIpc) is 2.08. The van der Waals surface area contributed by atoms with Crippen LogP contribution < -0.4 is 0 Å². The van der Waals surface area contributed by atoms with Crippen molar-refractivity contribution < 1.29 is 20.4 Å². The first-order valence-corrected chi connectivity index (χ1v) is 3.93. The second-order valence-corrected chi connectivity index (χ2v) is 3.28. The molecule has 0 aliphatic carbocycles. The summed E-state index contributed by atoms with van der Waals surface area (Å²) in [4.78, 5) is 1.50. The van der Waals surface area contributed by atoms with Gasteiger partial charge in [-0.15, -0.1) is 0 Å². The van der Waals surface area contributed by atoms with Crippen molar-refractivity contribution in [1.29, 1.82) is 0 Å². The summed E-state index contributed by atoms with van der Waals surface area (Å²) in [5.74, 6) is -0.381. The molecule has 0 saturated carbocycles. The van der Waals surface area contributed by atoms with Gasteiger partial charge in [0.2, 0.25) is 0 Å². The van der Waals surface area contributed by atoms with Crippen molar-refractivity contribution in [1.82, 2.24) is 4.90 Å². The molecule has 5 heteroatoms. The van der Waals surface area contributed by atoms with E-state index in [0.29, 0.717) is 6.54 Å². The minimum absolute atomic E-state index is 0.185. The van der Waals surface area contributed by atoms with Crippen LogP contribution in [0.4, 0.5) is 0 Å². The highest BCUT2D eigenvalue weighted by Crippen LogP contribution is 2.19. The fourth-order valence-corrected chi connectivity index (χ4v) is 1.47. The lowest BCUT2D eigenvalue weighted by molar-refractivity contribution is -0.175. The van der Waals surface area contributed by atoms with Gasteiger partial charge in [0.15, 0.2) is 0 Å². The Labute approximate surface area is 70.9 Å². The molecule has 1 aliphatic rings. The Hall–Kier alpha value is -0.200. The van der Waals surface area contributed by atoms with Crippen molar-refractivity contribution in [2.24, 2.45) is 5.92 Å². The molecule has 0 aromatic heterocycles. The average molecular weight is 176 g/mol. The number of aliphatic hydroxyl groups excluding tert-OH is 4. The Kier molecular flexibility index (Phi) is 3.03. The summed E-state index contributed by atoms with van der Waals surface area (Å²) >= 11 is 0. The third kappa shape index (κ3) is 1.60. The zero-order valence-corrected chi connectivity index (χ0v) is 6.96. The maximum atomic E-state index is 9.33. The molecule has 0 aromatic carbocycles. The van der Waals surface area contributed by atoms with E-state index in [2.05, 4.69) is 0 Å². The number of piperidine rings is 1. The summed E-state index contributed by atoms with van der Waals surface area (Å²) in [6.45, 7) is 0.200. The number of hydrogen-bond acceptors (Lipinski definition) is 5. The normalized spacial score (nSPS) is 44.8. The summed E-state index contributed by atoms with van der Waals surface area (Å²) in [6, 6.07) is 0. The first-order chi connectivity index (χ1) is 5.57. The zero-order chi connectivity index (χ0) is 9.30. The van der Waals surface area contributed by atoms with Crippen LogP contribution >= 0.6 is 0 Å². The molecule has 4 unspecified atom stereocenters. The van der Waals surface area contributed by atoms with Crippen molar-refractivity contribution in [3.8, 4) is 0 Å². The molecule has 1 rings (SSSR count). The Balaban J connectivity index is 2.63. The van der Waals surface area contributed by atoms with Crippen LogP contribution in [0.5, 0.6) is 0 Å². The van der Waals surface area contributed by atoms with Crippen LogP contribution in [0.15, 0.2) is 0 Å². The van der Waals surface area contributed by atoms with Crippen LogP contribution in [0.25, 0.3) is 0 Å². The first-order valence-electron chi connectivity index (χ1n) is 3.93. The number of rotatable bonds is 1. The Morgan fingerprint density at radius 2 is 1.83 bits per heavy atom. The van der Waals surface area contributed by atoms with Gasteiger partial charge >= 0.3 is 0 Å². The molecular formula is C7H15NO4. The highest BCUT2D eigenvalue weighted by Gasteiger charge is 2.38. The van der Waals surface area contributed by atoms with Gasteiger partial charge in [-0.25, -0.2) is 0 Å². The van der Waals surface area contributed by atoms with Crippen LogP contribution in [-0.4, -0.2) is 64.0 Å². The molecule has 1 fully saturated rings. The van der Waals surface area contributed by atoms with Gasteiger partial charge in [0.25, 0.3) is 0 Å². The lowest BCUT2D eigenvalue weighted by Crippen LogP contribution is -2.58. The number of hydrogen-bond donors (Lipinski definition) is 4. The van der Waals surface area contributed by atoms with Gasteiger partial charge in [-0.2, -0.15) is 0 Å². The topological polar surface area (TPSA) is 84.2 Å². The maximum Gasteiger partial charge on any atom is 0.135 e. The molecule has 0 aromatic rings. The van der Waals surface area contributed by atoms with Crippen LogP contribution in [0, 0.1) is 5.92 Å². The van der Waals surface area contributed by atoms with Crippen LogP contribution in [0.1, 0.15) is 0 Å². The monoisotopic (exact) mass is 176 g/mol.